The maximum Gasteiger partial charge on any atom is 0.435 e. The number of hydrogen-bond donors (Lipinski definition) is 1. The van der Waals surface area contributed by atoms with Gasteiger partial charge in [0.15, 0.2) is 5.69 Å². The van der Waals surface area contributed by atoms with Crippen LogP contribution < -0.4 is 5.32 Å². The number of hydrogen-bond acceptors (Lipinski definition) is 3. The Morgan fingerprint density at radius 3 is 2.55 bits per heavy atom. The molecule has 1 aromatic rings. The fourth-order valence-electron chi connectivity index (χ4n) is 3.55. The van der Waals surface area contributed by atoms with Gasteiger partial charge in [0.05, 0.1) is 0 Å². The van der Waals surface area contributed by atoms with E-state index in [1.165, 1.54) is 6.20 Å². The predicted molar refractivity (Wildman–Crippen MR) is 73.0 cm³/mol. The summed E-state index contributed by atoms with van der Waals surface area (Å²) in [6, 6.07) is 2.00. The van der Waals surface area contributed by atoms with Crippen LogP contribution in [-0.4, -0.2) is 45.8 Å². The molecule has 1 N–H and O–H groups in total. The maximum absolute atomic E-state index is 12.5. The molecule has 0 radical (unpaired) electrons. The second-order valence-electron chi connectivity index (χ2n) is 6.18. The molecule has 2 aliphatic heterocycles. The molecule has 3 rings (SSSR count). The molecule has 1 amide bonds. The Hall–Kier alpha value is -1.57. The Kier molecular flexibility index (Phi) is 3.88. The van der Waals surface area contributed by atoms with Crippen molar-refractivity contribution >= 4 is 5.91 Å². The molecule has 2 saturated heterocycles. The van der Waals surface area contributed by atoms with Gasteiger partial charge in [-0.15, -0.1) is 0 Å². The first kappa shape index (κ1) is 15.3. The average molecular weight is 316 g/mol. The zero-order valence-electron chi connectivity index (χ0n) is 12.3. The van der Waals surface area contributed by atoms with E-state index in [4.69, 9.17) is 0 Å². The van der Waals surface area contributed by atoms with Crippen LogP contribution in [0.2, 0.25) is 0 Å². The minimum absolute atomic E-state index is 0.110. The highest BCUT2D eigenvalue weighted by Gasteiger charge is 2.39. The standard InChI is InChI=1S/C14H19F3N4O/c1-20-10-2-3-11(20)7-9(6-10)18-13(22)8-21-5-4-12(19-21)14(15,16)17/h4-5,9-11H,2-3,6-8H2,1H3,(H,18,22). The molecule has 22 heavy (non-hydrogen) atoms. The quantitative estimate of drug-likeness (QED) is 0.922. The summed E-state index contributed by atoms with van der Waals surface area (Å²) in [7, 11) is 2.11. The van der Waals surface area contributed by atoms with Crippen molar-refractivity contribution in [3.05, 3.63) is 18.0 Å². The molecular weight excluding hydrogens is 297 g/mol. The molecule has 2 atom stereocenters. The minimum atomic E-state index is -4.48. The van der Waals surface area contributed by atoms with Crippen LogP contribution in [0.25, 0.3) is 0 Å². The first-order valence-corrected chi connectivity index (χ1v) is 7.45. The number of halogens is 3. The number of nitrogens with one attached hydrogen (secondary N) is 1. The second-order valence-corrected chi connectivity index (χ2v) is 6.18. The lowest BCUT2D eigenvalue weighted by atomic mass is 9.98. The van der Waals surface area contributed by atoms with Crippen molar-refractivity contribution in [3.8, 4) is 0 Å². The molecule has 0 spiro atoms. The fourth-order valence-corrected chi connectivity index (χ4v) is 3.55. The number of nitrogens with zero attached hydrogens (tertiary/aromatic N) is 3. The van der Waals surface area contributed by atoms with Gasteiger partial charge in [-0.3, -0.25) is 9.48 Å². The van der Waals surface area contributed by atoms with Crippen LogP contribution in [0, 0.1) is 0 Å². The minimum Gasteiger partial charge on any atom is -0.352 e. The van der Waals surface area contributed by atoms with Crippen LogP contribution >= 0.6 is 0 Å². The van der Waals surface area contributed by atoms with Crippen molar-refractivity contribution in [1.29, 1.82) is 0 Å². The number of aromatic nitrogens is 2. The third kappa shape index (κ3) is 3.11. The van der Waals surface area contributed by atoms with E-state index in [1.54, 1.807) is 0 Å². The fraction of sp³-hybridized carbons (Fsp3) is 0.714. The SMILES string of the molecule is CN1C2CCC1CC(NC(=O)Cn1ccc(C(F)(F)F)n1)C2. The van der Waals surface area contributed by atoms with Gasteiger partial charge in [-0.25, -0.2) is 0 Å². The highest BCUT2D eigenvalue weighted by atomic mass is 19.4. The third-order valence-corrected chi connectivity index (χ3v) is 4.70. The Morgan fingerprint density at radius 1 is 1.36 bits per heavy atom. The van der Waals surface area contributed by atoms with Crippen molar-refractivity contribution in [2.45, 2.75) is 56.5 Å². The largest absolute Gasteiger partial charge is 0.435 e. The lowest BCUT2D eigenvalue weighted by Crippen LogP contribution is -2.49. The Balaban J connectivity index is 1.54. The van der Waals surface area contributed by atoms with Crippen LogP contribution in [0.5, 0.6) is 0 Å². The molecule has 2 aliphatic rings. The van der Waals surface area contributed by atoms with Gasteiger partial charge >= 0.3 is 6.18 Å². The van der Waals surface area contributed by atoms with Crippen molar-refractivity contribution in [2.75, 3.05) is 7.05 Å². The van der Waals surface area contributed by atoms with E-state index in [1.807, 2.05) is 0 Å². The zero-order valence-corrected chi connectivity index (χ0v) is 12.3. The van der Waals surface area contributed by atoms with E-state index in [2.05, 4.69) is 22.4 Å². The Labute approximate surface area is 126 Å². The number of carbonyl (C=O) groups excluding carboxylic acids is 1. The second kappa shape index (κ2) is 5.57. The van der Waals surface area contributed by atoms with Crippen molar-refractivity contribution in [3.63, 3.8) is 0 Å². The van der Waals surface area contributed by atoms with E-state index in [-0.39, 0.29) is 18.5 Å². The summed E-state index contributed by atoms with van der Waals surface area (Å²) in [5.74, 6) is -0.286. The highest BCUT2D eigenvalue weighted by molar-refractivity contribution is 5.76. The van der Waals surface area contributed by atoms with Crippen LogP contribution in [0.4, 0.5) is 13.2 Å². The average Bonchev–Trinajstić information content (AvgIpc) is 2.93. The van der Waals surface area contributed by atoms with Crippen molar-refractivity contribution in [1.82, 2.24) is 20.0 Å². The summed E-state index contributed by atoms with van der Waals surface area (Å²) in [6.07, 6.45) is 0.830. The molecule has 3 heterocycles. The number of rotatable bonds is 3. The van der Waals surface area contributed by atoms with Crippen LogP contribution in [0.1, 0.15) is 31.4 Å². The van der Waals surface area contributed by atoms with Gasteiger partial charge in [-0.2, -0.15) is 18.3 Å². The predicted octanol–water partition coefficient (Wildman–Crippen LogP) is 1.64. The van der Waals surface area contributed by atoms with Crippen LogP contribution in [0.3, 0.4) is 0 Å². The summed E-state index contributed by atoms with van der Waals surface area (Å²) in [6.45, 7) is -0.183. The molecule has 0 aromatic carbocycles. The van der Waals surface area contributed by atoms with Crippen molar-refractivity contribution in [2.24, 2.45) is 0 Å². The van der Waals surface area contributed by atoms with E-state index < -0.39 is 11.9 Å². The van der Waals surface area contributed by atoms with Crippen LogP contribution in [-0.2, 0) is 17.5 Å². The molecule has 2 unspecified atom stereocenters. The van der Waals surface area contributed by atoms with E-state index >= 15 is 0 Å². The molecule has 2 fully saturated rings. The Morgan fingerprint density at radius 2 is 2.00 bits per heavy atom. The third-order valence-electron chi connectivity index (χ3n) is 4.70. The van der Waals surface area contributed by atoms with E-state index in [0.29, 0.717) is 12.1 Å². The molecule has 8 heteroatoms. The van der Waals surface area contributed by atoms with Gasteiger partial charge in [-0.1, -0.05) is 0 Å². The smallest absolute Gasteiger partial charge is 0.352 e. The molecule has 0 aliphatic carbocycles. The van der Waals surface area contributed by atoms with Gasteiger partial charge in [0.1, 0.15) is 6.54 Å². The summed E-state index contributed by atoms with van der Waals surface area (Å²) >= 11 is 0. The monoisotopic (exact) mass is 316 g/mol. The van der Waals surface area contributed by atoms with Gasteiger partial charge in [0.25, 0.3) is 0 Å². The number of fused-ring (bicyclic) bond motifs is 2. The molecule has 0 saturated carbocycles. The summed E-state index contributed by atoms with van der Waals surface area (Å²) in [5.41, 5.74) is -0.974. The van der Waals surface area contributed by atoms with E-state index in [0.717, 1.165) is 36.4 Å². The van der Waals surface area contributed by atoms with Gasteiger partial charge in [0, 0.05) is 24.3 Å². The molecule has 2 bridgehead atoms. The van der Waals surface area contributed by atoms with Crippen molar-refractivity contribution < 1.29 is 18.0 Å². The lowest BCUT2D eigenvalue weighted by Gasteiger charge is -2.36. The molecule has 122 valence electrons. The van der Waals surface area contributed by atoms with Crippen LogP contribution in [0.15, 0.2) is 12.3 Å². The number of piperidine rings is 1. The molecule has 1 aromatic heterocycles. The topological polar surface area (TPSA) is 50.2 Å². The summed E-state index contributed by atoms with van der Waals surface area (Å²) < 4.78 is 38.4. The normalized spacial score (nSPS) is 28.8. The first-order chi connectivity index (χ1) is 10.3. The lowest BCUT2D eigenvalue weighted by molar-refractivity contribution is -0.141. The maximum atomic E-state index is 12.5. The number of alkyl halides is 3. The highest BCUT2D eigenvalue weighted by Crippen LogP contribution is 2.34. The molecule has 5 nitrogen and oxygen atoms in total. The van der Waals surface area contributed by atoms with Gasteiger partial charge < -0.3 is 10.2 Å². The number of carbonyl (C=O) groups is 1. The van der Waals surface area contributed by atoms with Gasteiger partial charge in [0.2, 0.25) is 5.91 Å². The van der Waals surface area contributed by atoms with Gasteiger partial charge in [-0.05, 0) is 38.8 Å². The summed E-state index contributed by atoms with van der Waals surface area (Å²) in [4.78, 5) is 14.4. The first-order valence-electron chi connectivity index (χ1n) is 7.45. The summed E-state index contributed by atoms with van der Waals surface area (Å²) in [5, 5.41) is 6.32. The number of amides is 1. The Bertz CT molecular complexity index is 543. The van der Waals surface area contributed by atoms with E-state index in [9.17, 15) is 18.0 Å². The zero-order chi connectivity index (χ0) is 15.9. The molecular formula is C14H19F3N4O.